The van der Waals surface area contributed by atoms with Gasteiger partial charge in [0, 0.05) is 6.20 Å². The smallest absolute Gasteiger partial charge is 0.279 e. The van der Waals surface area contributed by atoms with E-state index < -0.39 is 0 Å². The average Bonchev–Trinajstić information content (AvgIpc) is 2.92. The lowest BCUT2D eigenvalue weighted by atomic mass is 10.2. The molecule has 1 amide bonds. The summed E-state index contributed by atoms with van der Waals surface area (Å²) in [6.45, 7) is 4.31. The Balaban J connectivity index is 1.79. The maximum absolute atomic E-state index is 12.4. The van der Waals surface area contributed by atoms with Crippen molar-refractivity contribution in [2.24, 2.45) is 0 Å². The van der Waals surface area contributed by atoms with Crippen LogP contribution in [-0.4, -0.2) is 25.9 Å². The normalized spacial score (nSPS) is 10.5. The van der Waals surface area contributed by atoms with E-state index in [9.17, 15) is 4.79 Å². The summed E-state index contributed by atoms with van der Waals surface area (Å²) < 4.78 is 1.72. The highest BCUT2D eigenvalue weighted by molar-refractivity contribution is 6.03. The first-order valence-corrected chi connectivity index (χ1v) is 7.32. The molecule has 0 aliphatic carbocycles. The number of amides is 1. The SMILES string of the molecule is Cc1cccnc1NC(=O)c1nnn(Cc2ccccc2)c1C. The molecule has 1 aromatic carbocycles. The van der Waals surface area contributed by atoms with E-state index >= 15 is 0 Å². The van der Waals surface area contributed by atoms with E-state index in [1.165, 1.54) is 0 Å². The number of carbonyl (C=O) groups excluding carboxylic acids is 1. The summed E-state index contributed by atoms with van der Waals surface area (Å²) in [6.07, 6.45) is 1.64. The predicted molar refractivity (Wildman–Crippen MR) is 87.2 cm³/mol. The van der Waals surface area contributed by atoms with Crippen LogP contribution in [0.1, 0.15) is 27.3 Å². The second-order valence-corrected chi connectivity index (χ2v) is 5.29. The number of rotatable bonds is 4. The molecular formula is C17H17N5O. The van der Waals surface area contributed by atoms with Crippen molar-refractivity contribution in [3.63, 3.8) is 0 Å². The molecule has 1 N–H and O–H groups in total. The molecule has 6 heteroatoms. The molecule has 0 unspecified atom stereocenters. The first-order chi connectivity index (χ1) is 11.1. The highest BCUT2D eigenvalue weighted by atomic mass is 16.2. The molecule has 0 bridgehead atoms. The Morgan fingerprint density at radius 3 is 2.65 bits per heavy atom. The summed E-state index contributed by atoms with van der Waals surface area (Å²) in [5.74, 6) is 0.234. The van der Waals surface area contributed by atoms with Gasteiger partial charge in [-0.05, 0) is 31.0 Å². The van der Waals surface area contributed by atoms with Gasteiger partial charge in [-0.1, -0.05) is 41.6 Å². The summed E-state index contributed by atoms with van der Waals surface area (Å²) in [5.41, 5.74) is 3.04. The van der Waals surface area contributed by atoms with Crippen LogP contribution in [-0.2, 0) is 6.54 Å². The molecule has 0 radical (unpaired) electrons. The minimum Gasteiger partial charge on any atom is -0.305 e. The minimum absolute atomic E-state index is 0.302. The fourth-order valence-corrected chi connectivity index (χ4v) is 2.26. The van der Waals surface area contributed by atoms with Crippen molar-refractivity contribution in [1.29, 1.82) is 0 Å². The summed E-state index contributed by atoms with van der Waals surface area (Å²) in [6, 6.07) is 13.6. The molecule has 0 fully saturated rings. The third-order valence-electron chi connectivity index (χ3n) is 3.61. The Kier molecular flexibility index (Phi) is 4.14. The lowest BCUT2D eigenvalue weighted by Crippen LogP contribution is -2.16. The van der Waals surface area contributed by atoms with Gasteiger partial charge in [0.15, 0.2) is 5.69 Å². The molecule has 0 aliphatic heterocycles. The van der Waals surface area contributed by atoms with Gasteiger partial charge in [0.1, 0.15) is 5.82 Å². The number of nitrogens with zero attached hydrogens (tertiary/aromatic N) is 4. The summed E-state index contributed by atoms with van der Waals surface area (Å²) in [7, 11) is 0. The average molecular weight is 307 g/mol. The van der Waals surface area contributed by atoms with E-state index in [2.05, 4.69) is 20.6 Å². The van der Waals surface area contributed by atoms with Crippen LogP contribution >= 0.6 is 0 Å². The molecule has 0 atom stereocenters. The van der Waals surface area contributed by atoms with Gasteiger partial charge in [0.2, 0.25) is 0 Å². The van der Waals surface area contributed by atoms with Crippen molar-refractivity contribution >= 4 is 11.7 Å². The highest BCUT2D eigenvalue weighted by Gasteiger charge is 2.17. The number of hydrogen-bond acceptors (Lipinski definition) is 4. The van der Waals surface area contributed by atoms with Crippen molar-refractivity contribution in [3.05, 3.63) is 71.2 Å². The van der Waals surface area contributed by atoms with Crippen molar-refractivity contribution in [1.82, 2.24) is 20.0 Å². The highest BCUT2D eigenvalue weighted by Crippen LogP contribution is 2.13. The Hall–Kier alpha value is -3.02. The molecular weight excluding hydrogens is 290 g/mol. The van der Waals surface area contributed by atoms with E-state index in [0.29, 0.717) is 18.1 Å². The number of carbonyl (C=O) groups is 1. The molecule has 23 heavy (non-hydrogen) atoms. The number of aromatic nitrogens is 4. The van der Waals surface area contributed by atoms with Crippen LogP contribution in [0.3, 0.4) is 0 Å². The first-order valence-electron chi connectivity index (χ1n) is 7.32. The van der Waals surface area contributed by atoms with Gasteiger partial charge >= 0.3 is 0 Å². The number of pyridine rings is 1. The zero-order chi connectivity index (χ0) is 16.2. The van der Waals surface area contributed by atoms with Crippen LogP contribution in [0.25, 0.3) is 0 Å². The molecule has 6 nitrogen and oxygen atoms in total. The quantitative estimate of drug-likeness (QED) is 0.804. The standard InChI is InChI=1S/C17H17N5O/c1-12-7-6-10-18-16(12)19-17(23)15-13(2)22(21-20-15)11-14-8-4-3-5-9-14/h3-10H,11H2,1-2H3,(H,18,19,23). The van der Waals surface area contributed by atoms with E-state index in [1.54, 1.807) is 10.9 Å². The van der Waals surface area contributed by atoms with E-state index in [4.69, 9.17) is 0 Å². The molecule has 2 aromatic heterocycles. The first kappa shape index (κ1) is 14.9. The monoisotopic (exact) mass is 307 g/mol. The number of benzene rings is 1. The van der Waals surface area contributed by atoms with Crippen LogP contribution in [0.2, 0.25) is 0 Å². The van der Waals surface area contributed by atoms with Crippen LogP contribution in [0, 0.1) is 13.8 Å². The van der Waals surface area contributed by atoms with E-state index in [1.807, 2.05) is 56.3 Å². The van der Waals surface area contributed by atoms with Gasteiger partial charge in [-0.2, -0.15) is 0 Å². The van der Waals surface area contributed by atoms with Crippen molar-refractivity contribution < 1.29 is 4.79 Å². The third-order valence-corrected chi connectivity index (χ3v) is 3.61. The zero-order valence-corrected chi connectivity index (χ0v) is 13.0. The maximum atomic E-state index is 12.4. The number of hydrogen-bond donors (Lipinski definition) is 1. The topological polar surface area (TPSA) is 72.7 Å². The molecule has 3 aromatic rings. The third kappa shape index (κ3) is 3.26. The van der Waals surface area contributed by atoms with Crippen LogP contribution in [0.5, 0.6) is 0 Å². The fourth-order valence-electron chi connectivity index (χ4n) is 2.26. The molecule has 0 saturated carbocycles. The van der Waals surface area contributed by atoms with Crippen molar-refractivity contribution in [3.8, 4) is 0 Å². The van der Waals surface area contributed by atoms with Gasteiger partial charge in [0.25, 0.3) is 5.91 Å². The summed E-state index contributed by atoms with van der Waals surface area (Å²) >= 11 is 0. The van der Waals surface area contributed by atoms with Gasteiger partial charge < -0.3 is 5.32 Å². The maximum Gasteiger partial charge on any atom is 0.279 e. The number of anilines is 1. The number of aryl methyl sites for hydroxylation is 1. The van der Waals surface area contributed by atoms with Crippen molar-refractivity contribution in [2.75, 3.05) is 5.32 Å². The largest absolute Gasteiger partial charge is 0.305 e. The predicted octanol–water partition coefficient (Wildman–Crippen LogP) is 2.59. The van der Waals surface area contributed by atoms with Gasteiger partial charge in [-0.3, -0.25) is 4.79 Å². The summed E-state index contributed by atoms with van der Waals surface area (Å²) in [4.78, 5) is 16.5. The molecule has 2 heterocycles. The molecule has 3 rings (SSSR count). The second-order valence-electron chi connectivity index (χ2n) is 5.29. The Morgan fingerprint density at radius 2 is 1.91 bits per heavy atom. The minimum atomic E-state index is -0.302. The number of nitrogens with one attached hydrogen (secondary N) is 1. The van der Waals surface area contributed by atoms with Gasteiger partial charge in [0.05, 0.1) is 12.2 Å². The second kappa shape index (κ2) is 6.39. The fraction of sp³-hybridized carbons (Fsp3) is 0.176. The molecule has 0 aliphatic rings. The molecule has 116 valence electrons. The Labute approximate surface area is 134 Å². The molecule has 0 spiro atoms. The lowest BCUT2D eigenvalue weighted by Gasteiger charge is -2.06. The Bertz CT molecular complexity index is 826. The van der Waals surface area contributed by atoms with Crippen molar-refractivity contribution in [2.45, 2.75) is 20.4 Å². The Morgan fingerprint density at radius 1 is 1.13 bits per heavy atom. The van der Waals surface area contributed by atoms with Crippen LogP contribution in [0.4, 0.5) is 5.82 Å². The summed E-state index contributed by atoms with van der Waals surface area (Å²) in [5, 5.41) is 10.9. The van der Waals surface area contributed by atoms with Gasteiger partial charge in [-0.15, -0.1) is 5.10 Å². The van der Waals surface area contributed by atoms with Crippen LogP contribution in [0.15, 0.2) is 48.7 Å². The van der Waals surface area contributed by atoms with Crippen LogP contribution < -0.4 is 5.32 Å². The zero-order valence-electron chi connectivity index (χ0n) is 13.0. The van der Waals surface area contributed by atoms with E-state index in [-0.39, 0.29) is 5.91 Å². The lowest BCUT2D eigenvalue weighted by molar-refractivity contribution is 0.102. The van der Waals surface area contributed by atoms with Gasteiger partial charge in [-0.25, -0.2) is 9.67 Å². The molecule has 0 saturated heterocycles. The van der Waals surface area contributed by atoms with E-state index in [0.717, 1.165) is 16.8 Å².